The van der Waals surface area contributed by atoms with Gasteiger partial charge in [0, 0.05) is 18.3 Å². The first-order valence-corrected chi connectivity index (χ1v) is 4.62. The van der Waals surface area contributed by atoms with E-state index in [2.05, 4.69) is 5.16 Å². The average Bonchev–Trinajstić information content (AvgIpc) is 2.30. The summed E-state index contributed by atoms with van der Waals surface area (Å²) in [5, 5.41) is 11.6. The molecule has 0 bridgehead atoms. The highest BCUT2D eigenvalue weighted by Gasteiger charge is 2.09. The van der Waals surface area contributed by atoms with E-state index < -0.39 is 0 Å². The fraction of sp³-hybridized carbons (Fsp3) is 0.300. The summed E-state index contributed by atoms with van der Waals surface area (Å²) >= 11 is 0. The maximum Gasteiger partial charge on any atom is 0.237 e. The predicted octanol–water partition coefficient (Wildman–Crippen LogP) is 1.23. The third-order valence-electron chi connectivity index (χ3n) is 2.06. The lowest BCUT2D eigenvalue weighted by Crippen LogP contribution is -2.37. The van der Waals surface area contributed by atoms with E-state index >= 15 is 0 Å². The molecular formula is C10H15N3O2. The molecule has 1 rings (SSSR count). The quantitative estimate of drug-likeness (QED) is 0.340. The number of methoxy groups -OCH3 is 1. The molecular weight excluding hydrogens is 194 g/mol. The van der Waals surface area contributed by atoms with Gasteiger partial charge in [0.25, 0.3) is 0 Å². The molecule has 82 valence electrons. The Morgan fingerprint density at radius 1 is 1.60 bits per heavy atom. The first-order chi connectivity index (χ1) is 7.22. The molecule has 0 saturated carbocycles. The number of hydrogen-bond acceptors (Lipinski definition) is 3. The number of ether oxygens (including phenoxy) is 1. The van der Waals surface area contributed by atoms with Gasteiger partial charge in [-0.05, 0) is 19.1 Å². The Balaban J connectivity index is 3.01. The lowest BCUT2D eigenvalue weighted by Gasteiger charge is -2.20. The van der Waals surface area contributed by atoms with Crippen LogP contribution in [0.3, 0.4) is 0 Å². The van der Waals surface area contributed by atoms with Crippen LogP contribution in [0.4, 0.5) is 5.69 Å². The highest BCUT2D eigenvalue weighted by molar-refractivity contribution is 5.94. The van der Waals surface area contributed by atoms with Crippen molar-refractivity contribution in [2.75, 3.05) is 18.6 Å². The first-order valence-electron chi connectivity index (χ1n) is 4.62. The van der Waals surface area contributed by atoms with Crippen LogP contribution >= 0.6 is 0 Å². The van der Waals surface area contributed by atoms with Crippen molar-refractivity contribution in [1.29, 1.82) is 0 Å². The maximum absolute atomic E-state index is 8.61. The minimum Gasteiger partial charge on any atom is -0.497 e. The topological polar surface area (TPSA) is 71.1 Å². The van der Waals surface area contributed by atoms with E-state index in [1.54, 1.807) is 12.0 Å². The summed E-state index contributed by atoms with van der Waals surface area (Å²) in [4.78, 5) is 1.67. The van der Waals surface area contributed by atoms with Crippen LogP contribution < -0.4 is 15.4 Å². The smallest absolute Gasteiger partial charge is 0.237 e. The summed E-state index contributed by atoms with van der Waals surface area (Å²) in [6.45, 7) is 2.53. The van der Waals surface area contributed by atoms with E-state index in [4.69, 9.17) is 15.7 Å². The number of nitrogens with zero attached hydrogens (tertiary/aromatic N) is 2. The molecule has 3 N–H and O–H groups in total. The van der Waals surface area contributed by atoms with Crippen molar-refractivity contribution in [3.05, 3.63) is 24.3 Å². The van der Waals surface area contributed by atoms with Crippen LogP contribution in [0, 0.1) is 0 Å². The van der Waals surface area contributed by atoms with Crippen LogP contribution in [-0.2, 0) is 0 Å². The summed E-state index contributed by atoms with van der Waals surface area (Å²) in [6.07, 6.45) is 0. The molecule has 0 aliphatic heterocycles. The van der Waals surface area contributed by atoms with Crippen LogP contribution in [0.25, 0.3) is 0 Å². The minimum atomic E-state index is 0.0609. The van der Waals surface area contributed by atoms with Crippen molar-refractivity contribution in [3.8, 4) is 5.75 Å². The van der Waals surface area contributed by atoms with E-state index in [-0.39, 0.29) is 5.96 Å². The Bertz CT molecular complexity index is 352. The molecule has 0 aliphatic carbocycles. The molecule has 15 heavy (non-hydrogen) atoms. The van der Waals surface area contributed by atoms with Gasteiger partial charge in [0.15, 0.2) is 0 Å². The largest absolute Gasteiger partial charge is 0.497 e. The van der Waals surface area contributed by atoms with Crippen LogP contribution in [0.2, 0.25) is 0 Å². The van der Waals surface area contributed by atoms with Crippen molar-refractivity contribution < 1.29 is 9.94 Å². The molecule has 0 fully saturated rings. The Labute approximate surface area is 88.7 Å². The molecule has 0 heterocycles. The monoisotopic (exact) mass is 209 g/mol. The molecule has 1 aromatic rings. The van der Waals surface area contributed by atoms with Crippen molar-refractivity contribution in [2.24, 2.45) is 10.9 Å². The highest BCUT2D eigenvalue weighted by Crippen LogP contribution is 2.20. The first kappa shape index (κ1) is 11.2. The van der Waals surface area contributed by atoms with Gasteiger partial charge in [0.05, 0.1) is 7.11 Å². The molecule has 0 unspecified atom stereocenters. The Morgan fingerprint density at radius 3 is 2.87 bits per heavy atom. The van der Waals surface area contributed by atoms with Crippen LogP contribution in [0.5, 0.6) is 5.75 Å². The fourth-order valence-electron chi connectivity index (χ4n) is 1.31. The second kappa shape index (κ2) is 5.09. The molecule has 0 saturated heterocycles. The minimum absolute atomic E-state index is 0.0609. The lowest BCUT2D eigenvalue weighted by molar-refractivity contribution is 0.317. The number of anilines is 1. The number of nitrogens with two attached hydrogens (primary N) is 1. The zero-order chi connectivity index (χ0) is 11.3. The summed E-state index contributed by atoms with van der Waals surface area (Å²) in [7, 11) is 1.60. The number of benzene rings is 1. The summed E-state index contributed by atoms with van der Waals surface area (Å²) < 4.78 is 5.09. The van der Waals surface area contributed by atoms with Crippen molar-refractivity contribution in [3.63, 3.8) is 0 Å². The molecule has 0 aliphatic rings. The number of hydrogen-bond donors (Lipinski definition) is 2. The Morgan fingerprint density at radius 2 is 2.33 bits per heavy atom. The van der Waals surface area contributed by atoms with E-state index in [1.165, 1.54) is 0 Å². The van der Waals surface area contributed by atoms with E-state index in [0.717, 1.165) is 11.4 Å². The average molecular weight is 209 g/mol. The van der Waals surface area contributed by atoms with Gasteiger partial charge in [-0.2, -0.15) is 0 Å². The molecule has 0 amide bonds. The van der Waals surface area contributed by atoms with Gasteiger partial charge in [-0.1, -0.05) is 11.2 Å². The zero-order valence-corrected chi connectivity index (χ0v) is 8.84. The fourth-order valence-corrected chi connectivity index (χ4v) is 1.31. The van der Waals surface area contributed by atoms with E-state index in [9.17, 15) is 0 Å². The van der Waals surface area contributed by atoms with Gasteiger partial charge in [0.1, 0.15) is 5.75 Å². The predicted molar refractivity (Wildman–Crippen MR) is 59.4 cm³/mol. The molecule has 0 radical (unpaired) electrons. The summed E-state index contributed by atoms with van der Waals surface area (Å²) in [5.41, 5.74) is 6.36. The molecule has 0 atom stereocenters. The SMILES string of the molecule is CCN(/C(N)=N/O)c1cccc(OC)c1. The third-order valence-corrected chi connectivity index (χ3v) is 2.06. The van der Waals surface area contributed by atoms with Gasteiger partial charge in [-0.3, -0.25) is 0 Å². The van der Waals surface area contributed by atoms with Gasteiger partial charge in [-0.25, -0.2) is 0 Å². The van der Waals surface area contributed by atoms with Crippen LogP contribution in [0.15, 0.2) is 29.4 Å². The second-order valence-electron chi connectivity index (χ2n) is 2.90. The van der Waals surface area contributed by atoms with Crippen molar-refractivity contribution >= 4 is 11.6 Å². The molecule has 5 heteroatoms. The Hall–Kier alpha value is -1.91. The summed E-state index contributed by atoms with van der Waals surface area (Å²) in [5.74, 6) is 0.794. The normalized spacial score (nSPS) is 11.2. The van der Waals surface area contributed by atoms with Crippen molar-refractivity contribution in [2.45, 2.75) is 6.92 Å². The number of guanidine groups is 1. The van der Waals surface area contributed by atoms with E-state index in [0.29, 0.717) is 6.54 Å². The van der Waals surface area contributed by atoms with Gasteiger partial charge >= 0.3 is 0 Å². The zero-order valence-electron chi connectivity index (χ0n) is 8.84. The molecule has 0 spiro atoms. The highest BCUT2D eigenvalue weighted by atomic mass is 16.5. The number of rotatable bonds is 3. The molecule has 0 aromatic heterocycles. The van der Waals surface area contributed by atoms with Crippen LogP contribution in [0.1, 0.15) is 6.92 Å². The molecule has 5 nitrogen and oxygen atoms in total. The Kier molecular flexibility index (Phi) is 3.79. The third kappa shape index (κ3) is 2.52. The van der Waals surface area contributed by atoms with Gasteiger partial charge in [0.2, 0.25) is 5.96 Å². The molecule has 1 aromatic carbocycles. The maximum atomic E-state index is 8.61. The van der Waals surface area contributed by atoms with Gasteiger partial charge in [-0.15, -0.1) is 0 Å². The standard InChI is InChI=1S/C10H15N3O2/c1-3-13(10(11)12-14)8-5-4-6-9(7-8)15-2/h4-7,14H,3H2,1-2H3,(H2,11,12). The van der Waals surface area contributed by atoms with E-state index in [1.807, 2.05) is 31.2 Å². The number of oxime groups is 1. The van der Waals surface area contributed by atoms with Crippen LogP contribution in [-0.4, -0.2) is 24.8 Å². The van der Waals surface area contributed by atoms with Crippen molar-refractivity contribution in [1.82, 2.24) is 0 Å². The van der Waals surface area contributed by atoms with Gasteiger partial charge < -0.3 is 20.6 Å². The summed E-state index contributed by atoms with van der Waals surface area (Å²) in [6, 6.07) is 7.37. The lowest BCUT2D eigenvalue weighted by atomic mass is 10.3. The second-order valence-corrected chi connectivity index (χ2v) is 2.90.